The first kappa shape index (κ1) is 23.8. The van der Waals surface area contributed by atoms with E-state index in [4.69, 9.17) is 14.7 Å². The summed E-state index contributed by atoms with van der Waals surface area (Å²) in [5.74, 6) is 1.65. The van der Waals surface area contributed by atoms with Crippen molar-refractivity contribution in [2.45, 2.75) is 37.1 Å². The highest BCUT2D eigenvalue weighted by molar-refractivity contribution is 7.91. The zero-order valence-corrected chi connectivity index (χ0v) is 22.1. The molecule has 11 heteroatoms. The van der Waals surface area contributed by atoms with Crippen LogP contribution in [0.15, 0.2) is 30.5 Å². The summed E-state index contributed by atoms with van der Waals surface area (Å²) in [4.78, 5) is 15.9. The number of rotatable bonds is 6. The predicted molar refractivity (Wildman–Crippen MR) is 143 cm³/mol. The molecule has 1 aliphatic heterocycles. The minimum Gasteiger partial charge on any atom is -0.378 e. The van der Waals surface area contributed by atoms with Gasteiger partial charge in [0.2, 0.25) is 0 Å². The number of nitrogens with one attached hydrogen (secondary N) is 1. The molecule has 0 radical (unpaired) electrons. The summed E-state index contributed by atoms with van der Waals surface area (Å²) in [7, 11) is -0.891. The lowest BCUT2D eigenvalue weighted by Gasteiger charge is -2.28. The van der Waals surface area contributed by atoms with E-state index in [1.165, 1.54) is 11.1 Å². The molecule has 0 spiro atoms. The van der Waals surface area contributed by atoms with Crippen molar-refractivity contribution >= 4 is 48.1 Å². The van der Waals surface area contributed by atoms with Crippen molar-refractivity contribution in [1.82, 2.24) is 25.1 Å². The molecule has 2 atom stereocenters. The Kier molecular flexibility index (Phi) is 6.19. The van der Waals surface area contributed by atoms with Gasteiger partial charge < -0.3 is 9.64 Å². The van der Waals surface area contributed by atoms with E-state index >= 15 is 0 Å². The predicted octanol–water partition coefficient (Wildman–Crippen LogP) is 3.47. The highest BCUT2D eigenvalue weighted by Crippen LogP contribution is 2.37. The second-order valence-electron chi connectivity index (χ2n) is 9.87. The van der Waals surface area contributed by atoms with Gasteiger partial charge >= 0.3 is 0 Å². The minimum atomic E-state index is -2.99. The molecule has 3 aromatic heterocycles. The van der Waals surface area contributed by atoms with Gasteiger partial charge in [0.15, 0.2) is 11.6 Å². The second-order valence-corrected chi connectivity index (χ2v) is 13.3. The summed E-state index contributed by atoms with van der Waals surface area (Å²) >= 11 is 1.73. The number of morpholine rings is 1. The zero-order valence-electron chi connectivity index (χ0n) is 20.5. The van der Waals surface area contributed by atoms with Crippen LogP contribution in [0.1, 0.15) is 24.1 Å². The maximum Gasteiger partial charge on any atom is 0.162 e. The third-order valence-electron chi connectivity index (χ3n) is 7.43. The van der Waals surface area contributed by atoms with E-state index in [9.17, 15) is 8.42 Å². The van der Waals surface area contributed by atoms with Gasteiger partial charge in [-0.1, -0.05) is 12.1 Å². The number of aromatic amines is 1. The number of hydrogen-bond acceptors (Lipinski definition) is 9. The Morgan fingerprint density at radius 2 is 2.06 bits per heavy atom. The van der Waals surface area contributed by atoms with Gasteiger partial charge in [0, 0.05) is 47.8 Å². The lowest BCUT2D eigenvalue weighted by atomic mass is 10.1. The SMILES string of the molecule is CN(Cc1cc2nc(-c3cccc4[nH]ncc34)nc(N3CCOCC3)c2s1)C1CCC(S(C)(=O)=O)C1. The van der Waals surface area contributed by atoms with Crippen LogP contribution < -0.4 is 4.90 Å². The van der Waals surface area contributed by atoms with Crippen LogP contribution in [0.2, 0.25) is 0 Å². The van der Waals surface area contributed by atoms with Gasteiger partial charge in [0.05, 0.1) is 40.4 Å². The van der Waals surface area contributed by atoms with Crippen LogP contribution in [0, 0.1) is 0 Å². The molecule has 1 saturated heterocycles. The van der Waals surface area contributed by atoms with Crippen molar-refractivity contribution in [3.63, 3.8) is 0 Å². The number of nitrogens with zero attached hydrogens (tertiary/aromatic N) is 5. The number of benzene rings is 1. The van der Waals surface area contributed by atoms with Crippen LogP contribution in [0.3, 0.4) is 0 Å². The summed E-state index contributed by atoms with van der Waals surface area (Å²) in [5, 5.41) is 8.02. The first-order valence-corrected chi connectivity index (χ1v) is 15.1. The molecule has 36 heavy (non-hydrogen) atoms. The number of thiophene rings is 1. The molecule has 1 aliphatic carbocycles. The Balaban J connectivity index is 1.36. The quantitative estimate of drug-likeness (QED) is 0.407. The molecule has 1 N–H and O–H groups in total. The van der Waals surface area contributed by atoms with Crippen LogP contribution in [0.4, 0.5) is 5.82 Å². The van der Waals surface area contributed by atoms with E-state index < -0.39 is 9.84 Å². The number of fused-ring (bicyclic) bond motifs is 2. The molecule has 4 aromatic rings. The van der Waals surface area contributed by atoms with Gasteiger partial charge in [0.1, 0.15) is 9.84 Å². The van der Waals surface area contributed by atoms with Gasteiger partial charge in [-0.2, -0.15) is 5.10 Å². The van der Waals surface area contributed by atoms with Crippen LogP contribution >= 0.6 is 11.3 Å². The first-order chi connectivity index (χ1) is 17.4. The fraction of sp³-hybridized carbons (Fsp3) is 0.480. The fourth-order valence-corrected chi connectivity index (χ4v) is 7.71. The number of sulfone groups is 1. The number of ether oxygens (including phenoxy) is 1. The molecule has 9 nitrogen and oxygen atoms in total. The lowest BCUT2D eigenvalue weighted by Crippen LogP contribution is -2.36. The topological polar surface area (TPSA) is 104 Å². The van der Waals surface area contributed by atoms with Crippen molar-refractivity contribution in [1.29, 1.82) is 0 Å². The maximum atomic E-state index is 12.0. The summed E-state index contributed by atoms with van der Waals surface area (Å²) in [6, 6.07) is 8.49. The van der Waals surface area contributed by atoms with Crippen molar-refractivity contribution in [3.05, 3.63) is 35.3 Å². The van der Waals surface area contributed by atoms with Crippen LogP contribution in [-0.2, 0) is 21.1 Å². The number of anilines is 1. The smallest absolute Gasteiger partial charge is 0.162 e. The van der Waals surface area contributed by atoms with Gasteiger partial charge in [-0.3, -0.25) is 10.00 Å². The van der Waals surface area contributed by atoms with Crippen LogP contribution in [-0.4, -0.2) is 84.4 Å². The first-order valence-electron chi connectivity index (χ1n) is 12.3. The Morgan fingerprint density at radius 3 is 2.83 bits per heavy atom. The van der Waals surface area contributed by atoms with Crippen molar-refractivity contribution < 1.29 is 13.2 Å². The Morgan fingerprint density at radius 1 is 1.22 bits per heavy atom. The van der Waals surface area contributed by atoms with E-state index in [1.807, 2.05) is 24.4 Å². The van der Waals surface area contributed by atoms with E-state index in [1.54, 1.807) is 11.3 Å². The average molecular weight is 527 g/mol. The lowest BCUT2D eigenvalue weighted by molar-refractivity contribution is 0.122. The molecule has 1 saturated carbocycles. The summed E-state index contributed by atoms with van der Waals surface area (Å²) in [5.41, 5.74) is 2.86. The molecule has 1 aromatic carbocycles. The molecule has 6 rings (SSSR count). The monoisotopic (exact) mass is 526 g/mol. The van der Waals surface area contributed by atoms with Gasteiger partial charge in [-0.25, -0.2) is 18.4 Å². The van der Waals surface area contributed by atoms with Crippen LogP contribution in [0.25, 0.3) is 32.5 Å². The second kappa shape index (κ2) is 9.37. The molecule has 4 heterocycles. The minimum absolute atomic E-state index is 0.223. The average Bonchev–Trinajstić information content (AvgIpc) is 3.62. The molecule has 190 valence electrons. The summed E-state index contributed by atoms with van der Waals surface area (Å²) in [6.07, 6.45) is 5.55. The van der Waals surface area contributed by atoms with Crippen molar-refractivity contribution in [2.75, 3.05) is 44.5 Å². The van der Waals surface area contributed by atoms with Crippen molar-refractivity contribution in [2.24, 2.45) is 0 Å². The number of H-pyrrole nitrogens is 1. The van der Waals surface area contributed by atoms with Gasteiger partial charge in [-0.15, -0.1) is 11.3 Å². The van der Waals surface area contributed by atoms with E-state index in [0.717, 1.165) is 65.0 Å². The summed E-state index contributed by atoms with van der Waals surface area (Å²) in [6.45, 7) is 3.72. The molecule has 0 bridgehead atoms. The zero-order chi connectivity index (χ0) is 24.9. The third kappa shape index (κ3) is 4.49. The Labute approximate surface area is 214 Å². The normalized spacial score (nSPS) is 21.2. The summed E-state index contributed by atoms with van der Waals surface area (Å²) < 4.78 is 30.7. The van der Waals surface area contributed by atoms with Gasteiger partial charge in [-0.05, 0) is 38.4 Å². The number of hydrogen-bond donors (Lipinski definition) is 1. The fourth-order valence-electron chi connectivity index (χ4n) is 5.40. The molecule has 2 fully saturated rings. The maximum absolute atomic E-state index is 12.0. The Hall–Kier alpha value is -2.60. The van der Waals surface area contributed by atoms with Gasteiger partial charge in [0.25, 0.3) is 0 Å². The molecule has 2 aliphatic rings. The van der Waals surface area contributed by atoms with Crippen LogP contribution in [0.5, 0.6) is 0 Å². The number of aromatic nitrogens is 4. The molecule has 2 unspecified atom stereocenters. The highest BCUT2D eigenvalue weighted by Gasteiger charge is 2.33. The van der Waals surface area contributed by atoms with E-state index in [0.29, 0.717) is 25.5 Å². The standard InChI is InChI=1S/C25H30N6O3S2/c1-30(16-6-7-18(12-16)36(2,32)33)15-17-13-22-23(35-17)25(31-8-10-34-11-9-31)28-24(27-22)19-4-3-5-21-20(19)14-26-29-21/h3-5,13-14,16,18H,6-12,15H2,1-2H3,(H,26,29). The Bertz CT molecular complexity index is 1510. The van der Waals surface area contributed by atoms with E-state index in [-0.39, 0.29) is 11.3 Å². The molecule has 0 amide bonds. The molecular formula is C25H30N6O3S2. The highest BCUT2D eigenvalue weighted by atomic mass is 32.2. The van der Waals surface area contributed by atoms with E-state index in [2.05, 4.69) is 33.1 Å². The molecular weight excluding hydrogens is 496 g/mol. The third-order valence-corrected chi connectivity index (χ3v) is 10.2. The van der Waals surface area contributed by atoms with Crippen molar-refractivity contribution in [3.8, 4) is 11.4 Å². The largest absolute Gasteiger partial charge is 0.378 e.